The Bertz CT molecular complexity index is 657. The van der Waals surface area contributed by atoms with Crippen molar-refractivity contribution in [3.05, 3.63) is 58.9 Å². The lowest BCUT2D eigenvalue weighted by atomic mass is 10.1. The van der Waals surface area contributed by atoms with Gasteiger partial charge >= 0.3 is 5.97 Å². The molecule has 0 saturated heterocycles. The highest BCUT2D eigenvalue weighted by Gasteiger charge is 2.13. The summed E-state index contributed by atoms with van der Waals surface area (Å²) in [5, 5.41) is 20.7. The van der Waals surface area contributed by atoms with Crippen LogP contribution in [0.25, 0.3) is 0 Å². The van der Waals surface area contributed by atoms with Crippen LogP contribution in [0.3, 0.4) is 0 Å². The molecule has 0 spiro atoms. The topological polar surface area (TPSA) is 95.6 Å². The van der Waals surface area contributed by atoms with E-state index < -0.39 is 17.3 Å². The third-order valence-electron chi connectivity index (χ3n) is 3.06. The smallest absolute Gasteiger partial charge is 0.338 e. The highest BCUT2D eigenvalue weighted by atomic mass is 19.1. The lowest BCUT2D eigenvalue weighted by Crippen LogP contribution is -2.07. The number of carboxylic acids is 1. The van der Waals surface area contributed by atoms with Crippen molar-refractivity contribution in [3.8, 4) is 0 Å². The number of benzene rings is 2. The van der Waals surface area contributed by atoms with E-state index >= 15 is 0 Å². The highest BCUT2D eigenvalue weighted by Crippen LogP contribution is 2.23. The van der Waals surface area contributed by atoms with E-state index in [1.54, 1.807) is 12.1 Å². The number of hydrogen-bond donors (Lipinski definition) is 4. The number of nitrogen functional groups attached to an aromatic ring is 1. The summed E-state index contributed by atoms with van der Waals surface area (Å²) >= 11 is 0. The fourth-order valence-electron chi connectivity index (χ4n) is 1.87. The van der Waals surface area contributed by atoms with Gasteiger partial charge in [-0.3, -0.25) is 0 Å². The predicted molar refractivity (Wildman–Crippen MR) is 77.5 cm³/mol. The summed E-state index contributed by atoms with van der Waals surface area (Å²) in [4.78, 5) is 10.8. The van der Waals surface area contributed by atoms with Crippen LogP contribution < -0.4 is 11.1 Å². The first-order chi connectivity index (χ1) is 10.0. The van der Waals surface area contributed by atoms with Crippen molar-refractivity contribution in [1.29, 1.82) is 0 Å². The molecule has 0 unspecified atom stereocenters. The van der Waals surface area contributed by atoms with Gasteiger partial charge in [0.25, 0.3) is 0 Å². The van der Waals surface area contributed by atoms with Gasteiger partial charge < -0.3 is 21.3 Å². The Morgan fingerprint density at radius 2 is 1.81 bits per heavy atom. The average molecular weight is 290 g/mol. The Morgan fingerprint density at radius 1 is 1.19 bits per heavy atom. The molecule has 5 N–H and O–H groups in total. The molecule has 0 heterocycles. The summed E-state index contributed by atoms with van der Waals surface area (Å²) in [6, 6.07) is 9.39. The number of halogens is 1. The zero-order valence-corrected chi connectivity index (χ0v) is 11.1. The highest BCUT2D eigenvalue weighted by molar-refractivity contribution is 5.90. The minimum Gasteiger partial charge on any atom is -0.478 e. The normalized spacial score (nSPS) is 10.4. The molecule has 0 amide bonds. The van der Waals surface area contributed by atoms with Crippen molar-refractivity contribution in [3.63, 3.8) is 0 Å². The molecule has 0 saturated carbocycles. The molecular formula is C15H15FN2O3. The molecule has 5 nitrogen and oxygen atoms in total. The molecule has 0 fully saturated rings. The monoisotopic (exact) mass is 290 g/mol. The number of anilines is 2. The number of nitrogens with one attached hydrogen (secondary N) is 1. The standard InChI is InChI=1S/C15H15FN2O3/c16-12-6-14(13(17)5-11(12)15(20)21)18-7-9-1-3-10(8-19)4-2-9/h1-6,18-19H,7-8,17H2,(H,20,21). The van der Waals surface area contributed by atoms with E-state index in [2.05, 4.69) is 5.32 Å². The molecule has 2 aromatic carbocycles. The van der Waals surface area contributed by atoms with Gasteiger partial charge in [0.05, 0.1) is 23.5 Å². The first-order valence-electron chi connectivity index (χ1n) is 6.26. The van der Waals surface area contributed by atoms with Gasteiger partial charge in [-0.15, -0.1) is 0 Å². The number of aromatic carboxylic acids is 1. The van der Waals surface area contributed by atoms with E-state index in [9.17, 15) is 9.18 Å². The number of nitrogens with two attached hydrogens (primary N) is 1. The second-order valence-electron chi connectivity index (χ2n) is 4.55. The molecule has 0 aliphatic rings. The van der Waals surface area contributed by atoms with E-state index in [1.165, 1.54) is 0 Å². The molecule has 6 heteroatoms. The fraction of sp³-hybridized carbons (Fsp3) is 0.133. The van der Waals surface area contributed by atoms with Gasteiger partial charge in [0.2, 0.25) is 0 Å². The number of aliphatic hydroxyl groups is 1. The zero-order valence-electron chi connectivity index (χ0n) is 11.1. The second kappa shape index (κ2) is 6.23. The van der Waals surface area contributed by atoms with Gasteiger partial charge in [0.15, 0.2) is 0 Å². The first kappa shape index (κ1) is 14.8. The quantitative estimate of drug-likeness (QED) is 0.633. The molecule has 0 radical (unpaired) electrons. The Labute approximate surface area is 120 Å². The van der Waals surface area contributed by atoms with E-state index in [0.29, 0.717) is 12.2 Å². The summed E-state index contributed by atoms with van der Waals surface area (Å²) in [6.07, 6.45) is 0. The number of carboxylic acid groups (broad SMARTS) is 1. The van der Waals surface area contributed by atoms with Crippen molar-refractivity contribution in [2.75, 3.05) is 11.1 Å². The fourth-order valence-corrected chi connectivity index (χ4v) is 1.87. The van der Waals surface area contributed by atoms with Crippen LogP contribution in [0.4, 0.5) is 15.8 Å². The molecule has 0 aliphatic heterocycles. The Kier molecular flexibility index (Phi) is 4.39. The van der Waals surface area contributed by atoms with Crippen molar-refractivity contribution in [2.45, 2.75) is 13.2 Å². The number of rotatable bonds is 5. The number of aliphatic hydroxyl groups excluding tert-OH is 1. The van der Waals surface area contributed by atoms with Gasteiger partial charge in [-0.05, 0) is 23.3 Å². The molecular weight excluding hydrogens is 275 g/mol. The maximum Gasteiger partial charge on any atom is 0.338 e. The van der Waals surface area contributed by atoms with Crippen molar-refractivity contribution >= 4 is 17.3 Å². The van der Waals surface area contributed by atoms with Crippen LogP contribution in [0.5, 0.6) is 0 Å². The zero-order chi connectivity index (χ0) is 15.4. The predicted octanol–water partition coefficient (Wildman–Crippen LogP) is 2.21. The minimum absolute atomic E-state index is 0.0253. The first-order valence-corrected chi connectivity index (χ1v) is 6.26. The lowest BCUT2D eigenvalue weighted by Gasteiger charge is -2.11. The third kappa shape index (κ3) is 3.49. The van der Waals surface area contributed by atoms with E-state index in [4.69, 9.17) is 15.9 Å². The van der Waals surface area contributed by atoms with Crippen LogP contribution >= 0.6 is 0 Å². The van der Waals surface area contributed by atoms with Crippen molar-refractivity contribution in [1.82, 2.24) is 0 Å². The van der Waals surface area contributed by atoms with Gasteiger partial charge in [0.1, 0.15) is 5.82 Å². The number of hydrogen-bond acceptors (Lipinski definition) is 4. The Hall–Kier alpha value is -2.60. The lowest BCUT2D eigenvalue weighted by molar-refractivity contribution is 0.0692. The molecule has 0 atom stereocenters. The maximum absolute atomic E-state index is 13.6. The van der Waals surface area contributed by atoms with Gasteiger partial charge in [-0.1, -0.05) is 24.3 Å². The van der Waals surface area contributed by atoms with Crippen molar-refractivity contribution in [2.24, 2.45) is 0 Å². The van der Waals surface area contributed by atoms with Crippen LogP contribution in [0.2, 0.25) is 0 Å². The maximum atomic E-state index is 13.6. The van der Waals surface area contributed by atoms with Crippen LogP contribution in [0.15, 0.2) is 36.4 Å². The van der Waals surface area contributed by atoms with E-state index in [-0.39, 0.29) is 12.3 Å². The minimum atomic E-state index is -1.36. The van der Waals surface area contributed by atoms with Crippen LogP contribution in [0, 0.1) is 5.82 Å². The van der Waals surface area contributed by atoms with Crippen LogP contribution in [-0.4, -0.2) is 16.2 Å². The number of carbonyl (C=O) groups is 1. The SMILES string of the molecule is Nc1cc(C(=O)O)c(F)cc1NCc1ccc(CO)cc1. The van der Waals surface area contributed by atoms with Crippen LogP contribution in [-0.2, 0) is 13.2 Å². The van der Waals surface area contributed by atoms with Crippen molar-refractivity contribution < 1.29 is 19.4 Å². The molecule has 21 heavy (non-hydrogen) atoms. The molecule has 2 rings (SSSR count). The summed E-state index contributed by atoms with van der Waals surface area (Å²) in [5.41, 5.74) is 7.49. The Balaban J connectivity index is 2.12. The van der Waals surface area contributed by atoms with Gasteiger partial charge in [-0.2, -0.15) is 0 Å². The van der Waals surface area contributed by atoms with Crippen LogP contribution in [0.1, 0.15) is 21.5 Å². The second-order valence-corrected chi connectivity index (χ2v) is 4.55. The average Bonchev–Trinajstić information content (AvgIpc) is 2.48. The molecule has 2 aromatic rings. The van der Waals surface area contributed by atoms with E-state index in [0.717, 1.165) is 23.3 Å². The summed E-state index contributed by atoms with van der Waals surface area (Å²) in [6.45, 7) is 0.379. The molecule has 0 aliphatic carbocycles. The van der Waals surface area contributed by atoms with E-state index in [1.807, 2.05) is 12.1 Å². The molecule has 0 aromatic heterocycles. The summed E-state index contributed by atoms with van der Waals surface area (Å²) in [5.74, 6) is -2.19. The Morgan fingerprint density at radius 3 is 2.38 bits per heavy atom. The summed E-state index contributed by atoms with van der Waals surface area (Å²) < 4.78 is 13.6. The van der Waals surface area contributed by atoms with Gasteiger partial charge in [0, 0.05) is 6.54 Å². The van der Waals surface area contributed by atoms with Gasteiger partial charge in [-0.25, -0.2) is 9.18 Å². The largest absolute Gasteiger partial charge is 0.478 e. The third-order valence-corrected chi connectivity index (χ3v) is 3.06. The molecule has 110 valence electrons. The summed E-state index contributed by atoms with van der Waals surface area (Å²) in [7, 11) is 0. The molecule has 0 bridgehead atoms.